The first-order valence-corrected chi connectivity index (χ1v) is 0. The van der Waals surface area contributed by atoms with Gasteiger partial charge in [0.2, 0.25) is 0 Å². The van der Waals surface area contributed by atoms with E-state index in [2.05, 4.69) is 0 Å². The van der Waals surface area contributed by atoms with Crippen molar-refractivity contribution in [1.29, 1.82) is 0 Å². The molecule has 0 aliphatic heterocycles. The van der Waals surface area contributed by atoms with Gasteiger partial charge < -0.3 is 37.2 Å². The molecule has 0 bridgehead atoms. The summed E-state index contributed by atoms with van der Waals surface area (Å²) >= 11 is 0. The van der Waals surface area contributed by atoms with Crippen molar-refractivity contribution >= 4 is 86.8 Å². The number of halogens is 10. The van der Waals surface area contributed by atoms with Crippen molar-refractivity contribution in [2.75, 3.05) is 0 Å². The molecular weight excluding hydrogens is 495 g/mol. The fraction of sp³-hybridized carbons (Fsp3) is 0. The second-order valence-corrected chi connectivity index (χ2v) is 0. The van der Waals surface area contributed by atoms with E-state index in [0.29, 0.717) is 0 Å². The first kappa shape index (κ1) is 170. The van der Waals surface area contributed by atoms with Gasteiger partial charge in [-0.3, -0.25) is 0 Å². The van der Waals surface area contributed by atoms with E-state index in [9.17, 15) is 0 Å². The minimum atomic E-state index is 0. The van der Waals surface area contributed by atoms with Crippen molar-refractivity contribution in [1.82, 2.24) is 0 Å². The van der Waals surface area contributed by atoms with Crippen molar-refractivity contribution in [3.05, 3.63) is 0 Å². The molecule has 0 amide bonds. The Labute approximate surface area is 163 Å². The molecule has 0 aromatic heterocycles. The number of hydrogen-bond acceptors (Lipinski definition) is 0. The SMILES string of the molecule is Cl.Cl.Cl.Cl.Cl.Cl.Cl.[Ce+3].[Cl-].[Cl-].[Cl-]. The summed E-state index contributed by atoms with van der Waals surface area (Å²) in [6, 6.07) is 0. The first-order chi connectivity index (χ1) is 0. The molecule has 11 heteroatoms. The normalized spacial score (nSPS) is 0. The van der Waals surface area contributed by atoms with E-state index < -0.39 is 0 Å². The zero-order chi connectivity index (χ0) is 0. The van der Waals surface area contributed by atoms with E-state index in [1.54, 1.807) is 0 Å². The Morgan fingerprint density at radius 3 is 0.273 bits per heavy atom. The Morgan fingerprint density at radius 2 is 0.273 bits per heavy atom. The molecule has 0 spiro atoms. The van der Waals surface area contributed by atoms with E-state index in [-0.39, 0.29) is 166 Å². The van der Waals surface area contributed by atoms with Crippen molar-refractivity contribution in [2.45, 2.75) is 0 Å². The van der Waals surface area contributed by atoms with Crippen molar-refractivity contribution < 1.29 is 79.0 Å². The summed E-state index contributed by atoms with van der Waals surface area (Å²) in [4.78, 5) is 0. The maximum absolute atomic E-state index is 0. The summed E-state index contributed by atoms with van der Waals surface area (Å²) in [6.45, 7) is 0. The van der Waals surface area contributed by atoms with Crippen LogP contribution in [0.5, 0.6) is 0 Å². The molecule has 0 aliphatic carbocycles. The maximum Gasteiger partial charge on any atom is 3.00 e. The van der Waals surface area contributed by atoms with E-state index >= 15 is 0 Å². The molecule has 1 radical (unpaired) electrons. The van der Waals surface area contributed by atoms with Crippen LogP contribution in [0.3, 0.4) is 0 Å². The van der Waals surface area contributed by atoms with Crippen LogP contribution in [0.4, 0.5) is 0 Å². The average Bonchev–Trinajstić information content (AvgIpc) is 0. The van der Waals surface area contributed by atoms with Crippen LogP contribution in [0.1, 0.15) is 0 Å². The minimum Gasteiger partial charge on any atom is -1.00 e. The van der Waals surface area contributed by atoms with Gasteiger partial charge in [-0.05, 0) is 0 Å². The van der Waals surface area contributed by atoms with Gasteiger partial charge in [0.1, 0.15) is 0 Å². The second-order valence-electron chi connectivity index (χ2n) is 0. The van der Waals surface area contributed by atoms with Crippen LogP contribution in [-0.2, 0) is 0 Å². The van der Waals surface area contributed by atoms with E-state index in [4.69, 9.17) is 0 Å². The molecule has 0 N–H and O–H groups in total. The van der Waals surface area contributed by atoms with Gasteiger partial charge in [0, 0.05) is 0 Å². The maximum atomic E-state index is 0. The average molecular weight is 502 g/mol. The molecule has 0 unspecified atom stereocenters. The van der Waals surface area contributed by atoms with Crippen LogP contribution >= 0.6 is 86.8 Å². The number of hydrogen-bond donors (Lipinski definition) is 0. The smallest absolute Gasteiger partial charge is 1.00 e. The van der Waals surface area contributed by atoms with Gasteiger partial charge in [0.25, 0.3) is 0 Å². The van der Waals surface area contributed by atoms with Crippen LogP contribution in [0.15, 0.2) is 0 Å². The zero-order valence-electron chi connectivity index (χ0n) is 4.49. The molecule has 0 aliphatic rings. The first-order valence-electron chi connectivity index (χ1n) is 0. The molecule has 0 rings (SSSR count). The molecule has 81 valence electrons. The molecule has 0 heterocycles. The van der Waals surface area contributed by atoms with Gasteiger partial charge in [0.15, 0.2) is 0 Å². The molecule has 0 aromatic carbocycles. The topological polar surface area (TPSA) is 0 Å². The third-order valence-electron chi connectivity index (χ3n) is 0. The van der Waals surface area contributed by atoms with Crippen molar-refractivity contribution in [2.24, 2.45) is 0 Å². The second kappa shape index (κ2) is 138. The Morgan fingerprint density at radius 1 is 0.273 bits per heavy atom. The predicted octanol–water partition coefficient (Wildman–Crippen LogP) is -6.04. The molecular formula is H7CeCl10. The molecule has 0 saturated heterocycles. The number of rotatable bonds is 0. The van der Waals surface area contributed by atoms with Gasteiger partial charge in [-0.2, -0.15) is 0 Å². The van der Waals surface area contributed by atoms with Crippen LogP contribution < -0.4 is 37.2 Å². The molecule has 0 aromatic rings. The zero-order valence-corrected chi connectivity index (χ0v) is 15.6. The standard InChI is InChI=1S/Ce.10ClH/h;10*1H/q+3;;;;;;;;;;/p-3. The summed E-state index contributed by atoms with van der Waals surface area (Å²) in [6.07, 6.45) is 0. The third kappa shape index (κ3) is 118. The molecule has 0 atom stereocenters. The van der Waals surface area contributed by atoms with E-state index in [1.807, 2.05) is 0 Å². The van der Waals surface area contributed by atoms with Gasteiger partial charge in [0.05, 0.1) is 0 Å². The fourth-order valence-electron chi connectivity index (χ4n) is 0. The van der Waals surface area contributed by atoms with Gasteiger partial charge >= 0.3 is 41.7 Å². The van der Waals surface area contributed by atoms with E-state index in [1.165, 1.54) is 0 Å². The van der Waals surface area contributed by atoms with Gasteiger partial charge in [-0.1, -0.05) is 0 Å². The van der Waals surface area contributed by atoms with Gasteiger partial charge in [-0.15, -0.1) is 86.8 Å². The molecule has 0 saturated carbocycles. The summed E-state index contributed by atoms with van der Waals surface area (Å²) in [5.74, 6) is 0. The summed E-state index contributed by atoms with van der Waals surface area (Å²) in [7, 11) is 0. The van der Waals surface area contributed by atoms with Crippen molar-refractivity contribution in [3.63, 3.8) is 0 Å². The van der Waals surface area contributed by atoms with Crippen LogP contribution in [0, 0.1) is 41.7 Å². The Bertz CT molecular complexity index is 4.83. The van der Waals surface area contributed by atoms with Crippen LogP contribution in [0.2, 0.25) is 0 Å². The van der Waals surface area contributed by atoms with Crippen molar-refractivity contribution in [3.8, 4) is 0 Å². The fourth-order valence-corrected chi connectivity index (χ4v) is 0. The Balaban J connectivity index is 0. The Hall–Kier alpha value is 4.28. The van der Waals surface area contributed by atoms with Crippen LogP contribution in [0.25, 0.3) is 0 Å². The quantitative estimate of drug-likeness (QED) is 0.310. The predicted molar refractivity (Wildman–Crippen MR) is 50.7 cm³/mol. The van der Waals surface area contributed by atoms with Crippen LogP contribution in [-0.4, -0.2) is 0 Å². The minimum absolute atomic E-state index is 0. The third-order valence-corrected chi connectivity index (χ3v) is 0. The molecule has 0 fully saturated rings. The molecule has 11 heavy (non-hydrogen) atoms. The van der Waals surface area contributed by atoms with Gasteiger partial charge in [-0.25, -0.2) is 0 Å². The monoisotopic (exact) mass is 497 g/mol. The summed E-state index contributed by atoms with van der Waals surface area (Å²) in [5, 5.41) is 0. The summed E-state index contributed by atoms with van der Waals surface area (Å²) in [5.41, 5.74) is 0. The van der Waals surface area contributed by atoms with E-state index in [0.717, 1.165) is 0 Å². The Kier molecular flexibility index (Phi) is 2130. The summed E-state index contributed by atoms with van der Waals surface area (Å²) < 4.78 is 0. The molecule has 0 nitrogen and oxygen atoms in total. The largest absolute Gasteiger partial charge is 3.00 e.